The van der Waals surface area contributed by atoms with Crippen molar-refractivity contribution in [2.75, 3.05) is 0 Å². The standard InChI is InChI=1S/C11H5F3N2O4S/c12-11(13,14)5-2-1-3-6(4-5)20-10(19)7-8(9(17)18)21-16-15-7/h1-4H,(H,17,18). The van der Waals surface area contributed by atoms with E-state index in [-0.39, 0.29) is 5.75 Å². The van der Waals surface area contributed by atoms with Crippen LogP contribution in [0.1, 0.15) is 25.7 Å². The van der Waals surface area contributed by atoms with E-state index in [2.05, 4.69) is 14.3 Å². The predicted molar refractivity (Wildman–Crippen MR) is 63.3 cm³/mol. The zero-order valence-electron chi connectivity index (χ0n) is 9.92. The maximum absolute atomic E-state index is 12.5. The van der Waals surface area contributed by atoms with Crippen molar-refractivity contribution in [2.24, 2.45) is 0 Å². The van der Waals surface area contributed by atoms with E-state index < -0.39 is 34.2 Å². The van der Waals surface area contributed by atoms with Crippen LogP contribution >= 0.6 is 11.5 Å². The molecule has 1 N–H and O–H groups in total. The summed E-state index contributed by atoms with van der Waals surface area (Å²) in [6.45, 7) is 0. The number of halogens is 3. The van der Waals surface area contributed by atoms with E-state index in [0.29, 0.717) is 17.6 Å². The minimum absolute atomic E-state index is 0.376. The molecular formula is C11H5F3N2O4S. The van der Waals surface area contributed by atoms with Crippen LogP contribution < -0.4 is 4.74 Å². The van der Waals surface area contributed by atoms with Crippen molar-refractivity contribution in [1.29, 1.82) is 0 Å². The Kier molecular flexibility index (Phi) is 3.89. The second-order valence-electron chi connectivity index (χ2n) is 3.67. The minimum atomic E-state index is -4.59. The van der Waals surface area contributed by atoms with Crippen molar-refractivity contribution >= 4 is 23.5 Å². The molecule has 21 heavy (non-hydrogen) atoms. The average molecular weight is 318 g/mol. The molecule has 0 spiro atoms. The number of carboxylic acid groups (broad SMARTS) is 1. The summed E-state index contributed by atoms with van der Waals surface area (Å²) in [5.74, 6) is -3.00. The van der Waals surface area contributed by atoms with Gasteiger partial charge in [0.05, 0.1) is 5.56 Å². The molecule has 1 aromatic heterocycles. The van der Waals surface area contributed by atoms with E-state index in [1.807, 2.05) is 0 Å². The fraction of sp³-hybridized carbons (Fsp3) is 0.0909. The number of alkyl halides is 3. The highest BCUT2D eigenvalue weighted by Crippen LogP contribution is 2.31. The number of hydrogen-bond acceptors (Lipinski definition) is 6. The molecule has 0 unspecified atom stereocenters. The zero-order valence-corrected chi connectivity index (χ0v) is 10.7. The Bertz CT molecular complexity index is 699. The number of aromatic carboxylic acids is 1. The summed E-state index contributed by atoms with van der Waals surface area (Å²) in [6, 6.07) is 3.62. The van der Waals surface area contributed by atoms with E-state index in [0.717, 1.165) is 18.2 Å². The van der Waals surface area contributed by atoms with Crippen LogP contribution in [-0.2, 0) is 6.18 Å². The first-order valence-corrected chi connectivity index (χ1v) is 6.01. The highest BCUT2D eigenvalue weighted by atomic mass is 32.1. The van der Waals surface area contributed by atoms with Crippen LogP contribution in [-0.4, -0.2) is 26.6 Å². The van der Waals surface area contributed by atoms with Gasteiger partial charge in [-0.2, -0.15) is 13.2 Å². The topological polar surface area (TPSA) is 89.4 Å². The summed E-state index contributed by atoms with van der Waals surface area (Å²) in [6.07, 6.45) is -4.59. The number of hydrogen-bond donors (Lipinski definition) is 1. The first-order chi connectivity index (χ1) is 9.79. The molecule has 0 atom stereocenters. The Morgan fingerprint density at radius 1 is 1.29 bits per heavy atom. The Balaban J connectivity index is 2.24. The van der Waals surface area contributed by atoms with Crippen molar-refractivity contribution in [3.63, 3.8) is 0 Å². The predicted octanol–water partition coefficient (Wildman–Crippen LogP) is 2.47. The number of carbonyl (C=O) groups is 2. The number of nitrogens with zero attached hydrogens (tertiary/aromatic N) is 2. The summed E-state index contributed by atoms with van der Waals surface area (Å²) in [7, 11) is 0. The summed E-state index contributed by atoms with van der Waals surface area (Å²) < 4.78 is 45.5. The van der Waals surface area contributed by atoms with Gasteiger partial charge < -0.3 is 9.84 Å². The molecule has 1 heterocycles. The Morgan fingerprint density at radius 2 is 2.00 bits per heavy atom. The quantitative estimate of drug-likeness (QED) is 0.691. The Hall–Kier alpha value is -2.49. The smallest absolute Gasteiger partial charge is 0.416 e. The first kappa shape index (κ1) is 14.9. The lowest BCUT2D eigenvalue weighted by Crippen LogP contribution is -2.14. The normalized spacial score (nSPS) is 11.2. The Morgan fingerprint density at radius 3 is 2.62 bits per heavy atom. The molecule has 2 rings (SSSR count). The number of carboxylic acids is 1. The van der Waals surface area contributed by atoms with Gasteiger partial charge in [0.15, 0.2) is 10.6 Å². The molecule has 0 saturated carbocycles. The van der Waals surface area contributed by atoms with Crippen LogP contribution in [0.5, 0.6) is 5.75 Å². The third-order valence-electron chi connectivity index (χ3n) is 2.25. The number of benzene rings is 1. The molecule has 1 aromatic carbocycles. The second-order valence-corrected chi connectivity index (χ2v) is 4.43. The van der Waals surface area contributed by atoms with E-state index in [4.69, 9.17) is 5.11 Å². The maximum Gasteiger partial charge on any atom is 0.416 e. The number of rotatable bonds is 3. The third kappa shape index (κ3) is 3.34. The number of esters is 1. The molecule has 2 aromatic rings. The molecule has 0 fully saturated rings. The van der Waals surface area contributed by atoms with Crippen molar-refractivity contribution in [3.8, 4) is 5.75 Å². The maximum atomic E-state index is 12.5. The molecular weight excluding hydrogens is 313 g/mol. The molecule has 0 bridgehead atoms. The first-order valence-electron chi connectivity index (χ1n) is 5.24. The molecule has 0 aliphatic rings. The van der Waals surface area contributed by atoms with Gasteiger partial charge >= 0.3 is 18.1 Å². The van der Waals surface area contributed by atoms with Crippen molar-refractivity contribution < 1.29 is 32.6 Å². The SMILES string of the molecule is O=C(Oc1cccc(C(F)(F)F)c1)c1nnsc1C(=O)O. The molecule has 0 amide bonds. The van der Waals surface area contributed by atoms with E-state index in [1.165, 1.54) is 0 Å². The van der Waals surface area contributed by atoms with Gasteiger partial charge in [-0.1, -0.05) is 10.6 Å². The van der Waals surface area contributed by atoms with Gasteiger partial charge in [0, 0.05) is 0 Å². The van der Waals surface area contributed by atoms with E-state index in [1.54, 1.807) is 0 Å². The molecule has 0 saturated heterocycles. The van der Waals surface area contributed by atoms with Gasteiger partial charge in [-0.15, -0.1) is 5.10 Å². The Labute approximate surface area is 118 Å². The van der Waals surface area contributed by atoms with E-state index in [9.17, 15) is 22.8 Å². The average Bonchev–Trinajstić information content (AvgIpc) is 2.87. The lowest BCUT2D eigenvalue weighted by molar-refractivity contribution is -0.137. The van der Waals surface area contributed by atoms with Crippen LogP contribution in [0.15, 0.2) is 24.3 Å². The summed E-state index contributed by atoms with van der Waals surface area (Å²) in [4.78, 5) is 22.0. The molecule has 6 nitrogen and oxygen atoms in total. The largest absolute Gasteiger partial charge is 0.477 e. The van der Waals surface area contributed by atoms with Gasteiger partial charge in [-0.05, 0) is 29.7 Å². The highest BCUT2D eigenvalue weighted by Gasteiger charge is 2.31. The number of ether oxygens (including phenoxy) is 1. The van der Waals surface area contributed by atoms with Gasteiger partial charge in [0.1, 0.15) is 5.75 Å². The highest BCUT2D eigenvalue weighted by molar-refractivity contribution is 7.08. The molecule has 110 valence electrons. The van der Waals surface area contributed by atoms with Crippen LogP contribution in [0.4, 0.5) is 13.2 Å². The van der Waals surface area contributed by atoms with Crippen LogP contribution in [0, 0.1) is 0 Å². The van der Waals surface area contributed by atoms with Crippen molar-refractivity contribution in [3.05, 3.63) is 40.4 Å². The fourth-order valence-electron chi connectivity index (χ4n) is 1.36. The number of aromatic nitrogens is 2. The third-order valence-corrected chi connectivity index (χ3v) is 2.96. The summed E-state index contributed by atoms with van der Waals surface area (Å²) in [5.41, 5.74) is -1.56. The second kappa shape index (κ2) is 5.48. The van der Waals surface area contributed by atoms with Gasteiger partial charge in [-0.3, -0.25) is 0 Å². The van der Waals surface area contributed by atoms with Crippen LogP contribution in [0.25, 0.3) is 0 Å². The van der Waals surface area contributed by atoms with Crippen molar-refractivity contribution in [2.45, 2.75) is 6.18 Å². The number of carbonyl (C=O) groups excluding carboxylic acids is 1. The molecule has 10 heteroatoms. The van der Waals surface area contributed by atoms with Gasteiger partial charge in [0.25, 0.3) is 0 Å². The molecule has 0 radical (unpaired) electrons. The van der Waals surface area contributed by atoms with Crippen molar-refractivity contribution in [1.82, 2.24) is 9.59 Å². The summed E-state index contributed by atoms with van der Waals surface area (Å²) in [5, 5.41) is 12.1. The zero-order chi connectivity index (χ0) is 15.6. The van der Waals surface area contributed by atoms with E-state index >= 15 is 0 Å². The lowest BCUT2D eigenvalue weighted by atomic mass is 10.2. The lowest BCUT2D eigenvalue weighted by Gasteiger charge is -2.08. The molecule has 0 aliphatic heterocycles. The minimum Gasteiger partial charge on any atom is -0.477 e. The van der Waals surface area contributed by atoms with Gasteiger partial charge in [-0.25, -0.2) is 9.59 Å². The van der Waals surface area contributed by atoms with Crippen LogP contribution in [0.2, 0.25) is 0 Å². The van der Waals surface area contributed by atoms with Gasteiger partial charge in [0.2, 0.25) is 0 Å². The molecule has 0 aliphatic carbocycles. The van der Waals surface area contributed by atoms with Crippen LogP contribution in [0.3, 0.4) is 0 Å². The monoisotopic (exact) mass is 318 g/mol. The summed E-state index contributed by atoms with van der Waals surface area (Å²) >= 11 is 0.462. The fourth-order valence-corrected chi connectivity index (χ4v) is 1.85.